The summed E-state index contributed by atoms with van der Waals surface area (Å²) in [5.41, 5.74) is 2.49. The SMILES string of the molecule is COCc1c(C(=O)N2CCCC(c3cc4n(n3)CCCNC4=O)C2)noc1C. The third-order valence-electron chi connectivity index (χ3n) is 5.47. The number of carbonyl (C=O) groups is 2. The molecule has 9 nitrogen and oxygen atoms in total. The summed E-state index contributed by atoms with van der Waals surface area (Å²) >= 11 is 0. The molecule has 0 saturated carbocycles. The number of aromatic nitrogens is 3. The molecule has 28 heavy (non-hydrogen) atoms. The Balaban J connectivity index is 1.53. The van der Waals surface area contributed by atoms with Crippen LogP contribution in [0.2, 0.25) is 0 Å². The highest BCUT2D eigenvalue weighted by molar-refractivity contribution is 5.94. The van der Waals surface area contributed by atoms with Crippen LogP contribution in [0.5, 0.6) is 0 Å². The van der Waals surface area contributed by atoms with Crippen molar-refractivity contribution >= 4 is 11.8 Å². The van der Waals surface area contributed by atoms with Gasteiger partial charge in [0, 0.05) is 39.2 Å². The summed E-state index contributed by atoms with van der Waals surface area (Å²) in [6, 6.07) is 1.87. The number of likely N-dealkylation sites (tertiary alicyclic amines) is 1. The summed E-state index contributed by atoms with van der Waals surface area (Å²) in [6.45, 7) is 4.68. The number of ether oxygens (including phenoxy) is 1. The van der Waals surface area contributed by atoms with Crippen molar-refractivity contribution in [2.45, 2.75) is 45.3 Å². The summed E-state index contributed by atoms with van der Waals surface area (Å²) in [5.74, 6) is 0.473. The number of hydrogen-bond donors (Lipinski definition) is 1. The third-order valence-corrected chi connectivity index (χ3v) is 5.47. The molecular formula is C19H25N5O4. The fourth-order valence-corrected chi connectivity index (χ4v) is 3.94. The molecule has 0 aliphatic carbocycles. The number of hydrogen-bond acceptors (Lipinski definition) is 6. The summed E-state index contributed by atoms with van der Waals surface area (Å²) < 4.78 is 12.2. The summed E-state index contributed by atoms with van der Waals surface area (Å²) in [6.07, 6.45) is 2.68. The van der Waals surface area contributed by atoms with Gasteiger partial charge in [0.05, 0.1) is 17.9 Å². The van der Waals surface area contributed by atoms with Gasteiger partial charge in [-0.15, -0.1) is 0 Å². The summed E-state index contributed by atoms with van der Waals surface area (Å²) in [7, 11) is 1.58. The molecule has 0 spiro atoms. The smallest absolute Gasteiger partial charge is 0.276 e. The van der Waals surface area contributed by atoms with Gasteiger partial charge in [0.25, 0.3) is 11.8 Å². The zero-order valence-electron chi connectivity index (χ0n) is 16.2. The van der Waals surface area contributed by atoms with Crippen LogP contribution in [0.25, 0.3) is 0 Å². The average Bonchev–Trinajstić information content (AvgIpc) is 3.25. The van der Waals surface area contributed by atoms with Crippen molar-refractivity contribution < 1.29 is 18.8 Å². The summed E-state index contributed by atoms with van der Waals surface area (Å²) in [4.78, 5) is 27.0. The highest BCUT2D eigenvalue weighted by Crippen LogP contribution is 2.28. The van der Waals surface area contributed by atoms with Crippen LogP contribution in [0.4, 0.5) is 0 Å². The first kappa shape index (κ1) is 18.7. The van der Waals surface area contributed by atoms with Gasteiger partial charge in [-0.25, -0.2) is 0 Å². The van der Waals surface area contributed by atoms with Crippen molar-refractivity contribution in [2.24, 2.45) is 0 Å². The normalized spacial score (nSPS) is 19.9. The van der Waals surface area contributed by atoms with Crippen LogP contribution in [-0.4, -0.2) is 58.4 Å². The fraction of sp³-hybridized carbons (Fsp3) is 0.579. The zero-order valence-corrected chi connectivity index (χ0v) is 16.2. The summed E-state index contributed by atoms with van der Waals surface area (Å²) in [5, 5.41) is 11.5. The Bertz CT molecular complexity index is 887. The lowest BCUT2D eigenvalue weighted by Crippen LogP contribution is -2.39. The van der Waals surface area contributed by atoms with Crippen LogP contribution in [-0.2, 0) is 17.9 Å². The second kappa shape index (κ2) is 7.75. The molecule has 1 saturated heterocycles. The molecule has 2 aromatic heterocycles. The van der Waals surface area contributed by atoms with Gasteiger partial charge in [-0.3, -0.25) is 14.3 Å². The molecule has 1 N–H and O–H groups in total. The monoisotopic (exact) mass is 387 g/mol. The highest BCUT2D eigenvalue weighted by Gasteiger charge is 2.31. The van der Waals surface area contributed by atoms with E-state index in [-0.39, 0.29) is 24.3 Å². The molecule has 4 rings (SSSR count). The van der Waals surface area contributed by atoms with E-state index in [2.05, 4.69) is 15.6 Å². The van der Waals surface area contributed by atoms with Gasteiger partial charge in [-0.2, -0.15) is 5.10 Å². The van der Waals surface area contributed by atoms with Gasteiger partial charge in [-0.1, -0.05) is 5.16 Å². The molecule has 1 fully saturated rings. The second-order valence-corrected chi connectivity index (χ2v) is 7.38. The van der Waals surface area contributed by atoms with E-state index in [9.17, 15) is 9.59 Å². The number of nitrogens with zero attached hydrogens (tertiary/aromatic N) is 4. The Labute approximate surface area is 163 Å². The Morgan fingerprint density at radius 2 is 2.25 bits per heavy atom. The second-order valence-electron chi connectivity index (χ2n) is 7.38. The first-order valence-electron chi connectivity index (χ1n) is 9.67. The molecule has 0 radical (unpaired) electrons. The Morgan fingerprint density at radius 1 is 1.39 bits per heavy atom. The third kappa shape index (κ3) is 3.42. The molecule has 0 bridgehead atoms. The van der Waals surface area contributed by atoms with Gasteiger partial charge in [0.15, 0.2) is 5.69 Å². The quantitative estimate of drug-likeness (QED) is 0.852. The van der Waals surface area contributed by atoms with Crippen molar-refractivity contribution in [2.75, 3.05) is 26.7 Å². The molecule has 0 aromatic carbocycles. The van der Waals surface area contributed by atoms with Crippen molar-refractivity contribution in [1.29, 1.82) is 0 Å². The minimum absolute atomic E-state index is 0.0812. The Hall–Kier alpha value is -2.68. The van der Waals surface area contributed by atoms with E-state index >= 15 is 0 Å². The van der Waals surface area contributed by atoms with E-state index in [4.69, 9.17) is 9.26 Å². The van der Waals surface area contributed by atoms with Crippen LogP contribution in [0.15, 0.2) is 10.6 Å². The van der Waals surface area contributed by atoms with E-state index in [1.54, 1.807) is 23.6 Å². The number of fused-ring (bicyclic) bond motifs is 1. The molecule has 2 aromatic rings. The van der Waals surface area contributed by atoms with E-state index < -0.39 is 0 Å². The Morgan fingerprint density at radius 3 is 3.07 bits per heavy atom. The van der Waals surface area contributed by atoms with Crippen molar-refractivity contribution in [3.63, 3.8) is 0 Å². The molecule has 1 unspecified atom stereocenters. The molecule has 2 aliphatic rings. The number of amides is 2. The van der Waals surface area contributed by atoms with Crippen molar-refractivity contribution in [3.05, 3.63) is 34.5 Å². The molecular weight excluding hydrogens is 362 g/mol. The lowest BCUT2D eigenvalue weighted by Gasteiger charge is -2.31. The predicted molar refractivity (Wildman–Crippen MR) is 99.0 cm³/mol. The number of methoxy groups -OCH3 is 1. The van der Waals surface area contributed by atoms with E-state index in [0.717, 1.165) is 31.5 Å². The molecule has 1 atom stereocenters. The number of nitrogens with one attached hydrogen (secondary N) is 1. The maximum Gasteiger partial charge on any atom is 0.276 e. The van der Waals surface area contributed by atoms with Crippen LogP contribution in [0.3, 0.4) is 0 Å². The van der Waals surface area contributed by atoms with Gasteiger partial charge in [-0.05, 0) is 32.3 Å². The molecule has 9 heteroatoms. The lowest BCUT2D eigenvalue weighted by molar-refractivity contribution is 0.0690. The Kier molecular flexibility index (Phi) is 5.17. The minimum Gasteiger partial charge on any atom is -0.380 e. The lowest BCUT2D eigenvalue weighted by atomic mass is 9.94. The van der Waals surface area contributed by atoms with Gasteiger partial charge in [0.1, 0.15) is 11.5 Å². The average molecular weight is 387 g/mol. The number of rotatable bonds is 4. The van der Waals surface area contributed by atoms with Crippen LogP contribution in [0.1, 0.15) is 63.2 Å². The first-order valence-corrected chi connectivity index (χ1v) is 9.67. The van der Waals surface area contributed by atoms with Crippen LogP contribution in [0, 0.1) is 6.92 Å². The van der Waals surface area contributed by atoms with E-state index in [0.29, 0.717) is 42.3 Å². The number of carbonyl (C=O) groups excluding carboxylic acids is 2. The van der Waals surface area contributed by atoms with Gasteiger partial charge < -0.3 is 19.5 Å². The predicted octanol–water partition coefficient (Wildman–Crippen LogP) is 1.48. The van der Waals surface area contributed by atoms with Crippen LogP contribution < -0.4 is 5.32 Å². The highest BCUT2D eigenvalue weighted by atomic mass is 16.5. The van der Waals surface area contributed by atoms with Gasteiger partial charge >= 0.3 is 0 Å². The largest absolute Gasteiger partial charge is 0.380 e. The van der Waals surface area contributed by atoms with Crippen LogP contribution >= 0.6 is 0 Å². The minimum atomic E-state index is -0.146. The maximum absolute atomic E-state index is 13.0. The number of piperidine rings is 1. The molecule has 2 amide bonds. The molecule has 2 aliphatic heterocycles. The topological polar surface area (TPSA) is 102 Å². The molecule has 150 valence electrons. The van der Waals surface area contributed by atoms with E-state index in [1.807, 2.05) is 6.07 Å². The number of aryl methyl sites for hydroxylation is 2. The van der Waals surface area contributed by atoms with E-state index in [1.165, 1.54) is 0 Å². The van der Waals surface area contributed by atoms with Crippen molar-refractivity contribution in [3.8, 4) is 0 Å². The standard InChI is InChI=1S/C19H25N5O4/c1-12-14(11-27-2)17(22-28-12)19(26)23-7-3-5-13(10-23)15-9-16-18(25)20-6-4-8-24(16)21-15/h9,13H,3-8,10-11H2,1-2H3,(H,20,25). The van der Waals surface area contributed by atoms with Gasteiger partial charge in [0.2, 0.25) is 0 Å². The van der Waals surface area contributed by atoms with Crippen molar-refractivity contribution in [1.82, 2.24) is 25.2 Å². The zero-order chi connectivity index (χ0) is 19.7. The maximum atomic E-state index is 13.0. The molecule has 4 heterocycles. The fourth-order valence-electron chi connectivity index (χ4n) is 3.94. The first-order chi connectivity index (χ1) is 13.6.